The Kier molecular flexibility index (Phi) is 5.68. The Morgan fingerprint density at radius 2 is 1.92 bits per heavy atom. The van der Waals surface area contributed by atoms with Gasteiger partial charge in [0.2, 0.25) is 5.90 Å². The second-order valence-electron chi connectivity index (χ2n) is 4.97. The third-order valence-electron chi connectivity index (χ3n) is 3.16. The van der Waals surface area contributed by atoms with Crippen LogP contribution in [0.4, 0.5) is 18.9 Å². The molecule has 0 aliphatic heterocycles. The van der Waals surface area contributed by atoms with Crippen molar-refractivity contribution < 1.29 is 17.9 Å². The first kappa shape index (κ1) is 18.8. The molecule has 0 saturated carbocycles. The molecular formula is C16H14BrF3N4O. The molecule has 0 saturated heterocycles. The number of hydrogen-bond donors (Lipinski definition) is 2. The van der Waals surface area contributed by atoms with Gasteiger partial charge < -0.3 is 16.3 Å². The molecule has 0 atom stereocenters. The Morgan fingerprint density at radius 3 is 2.48 bits per heavy atom. The van der Waals surface area contributed by atoms with E-state index in [0.29, 0.717) is 0 Å². The number of ether oxygens (including phenoxy) is 1. The van der Waals surface area contributed by atoms with Crippen molar-refractivity contribution in [2.45, 2.75) is 12.6 Å². The molecule has 0 bridgehead atoms. The molecule has 1 heterocycles. The van der Waals surface area contributed by atoms with Gasteiger partial charge in [0.05, 0.1) is 17.7 Å². The van der Waals surface area contributed by atoms with Crippen molar-refractivity contribution in [3.8, 4) is 0 Å². The number of halogens is 4. The fourth-order valence-electron chi connectivity index (χ4n) is 2.00. The lowest BCUT2D eigenvalue weighted by atomic mass is 10.1. The summed E-state index contributed by atoms with van der Waals surface area (Å²) in [6, 6.07) is 9.98. The standard InChI is InChI=1S/C16H14BrF3N4O/c1-9(25-13(24-22)7-10-5-3-2-4-6-10)14-12(21)8-11(15(17)23-14)16(18,19)20/h2-6,8H,1,7,21-22H2/b24-13-. The van der Waals surface area contributed by atoms with Crippen molar-refractivity contribution in [1.82, 2.24) is 4.98 Å². The normalized spacial score (nSPS) is 12.1. The van der Waals surface area contributed by atoms with E-state index in [1.807, 2.05) is 30.3 Å². The van der Waals surface area contributed by atoms with E-state index in [0.717, 1.165) is 11.6 Å². The smallest absolute Gasteiger partial charge is 0.419 e. The summed E-state index contributed by atoms with van der Waals surface area (Å²) < 4.78 is 43.6. The first-order chi connectivity index (χ1) is 11.7. The molecule has 25 heavy (non-hydrogen) atoms. The van der Waals surface area contributed by atoms with Gasteiger partial charge in [0, 0.05) is 0 Å². The molecule has 2 rings (SSSR count). The van der Waals surface area contributed by atoms with E-state index in [1.54, 1.807) is 0 Å². The molecule has 5 nitrogen and oxygen atoms in total. The van der Waals surface area contributed by atoms with Crippen LogP contribution in [0.2, 0.25) is 0 Å². The summed E-state index contributed by atoms with van der Waals surface area (Å²) in [4.78, 5) is 3.78. The summed E-state index contributed by atoms with van der Waals surface area (Å²) >= 11 is 2.78. The predicted octanol–water partition coefficient (Wildman–Crippen LogP) is 3.95. The van der Waals surface area contributed by atoms with Gasteiger partial charge in [0.15, 0.2) is 0 Å². The quantitative estimate of drug-likeness (QED) is 0.198. The van der Waals surface area contributed by atoms with Crippen molar-refractivity contribution in [3.63, 3.8) is 0 Å². The van der Waals surface area contributed by atoms with Crippen LogP contribution in [0.15, 0.2) is 52.7 Å². The van der Waals surface area contributed by atoms with Crippen LogP contribution in [0.25, 0.3) is 5.76 Å². The number of nitrogen functional groups attached to an aromatic ring is 1. The van der Waals surface area contributed by atoms with Gasteiger partial charge in [-0.2, -0.15) is 13.2 Å². The topological polar surface area (TPSA) is 86.5 Å². The lowest BCUT2D eigenvalue weighted by Crippen LogP contribution is -2.14. The Morgan fingerprint density at radius 1 is 1.28 bits per heavy atom. The highest BCUT2D eigenvalue weighted by Gasteiger charge is 2.35. The number of nitrogens with zero attached hydrogens (tertiary/aromatic N) is 2. The van der Waals surface area contributed by atoms with Crippen LogP contribution in [-0.4, -0.2) is 10.9 Å². The van der Waals surface area contributed by atoms with E-state index in [1.165, 1.54) is 0 Å². The predicted molar refractivity (Wildman–Crippen MR) is 93.2 cm³/mol. The summed E-state index contributed by atoms with van der Waals surface area (Å²) in [7, 11) is 0. The van der Waals surface area contributed by atoms with Crippen molar-refractivity contribution in [2.24, 2.45) is 10.9 Å². The maximum atomic E-state index is 12.9. The minimum absolute atomic E-state index is 0.0333. The van der Waals surface area contributed by atoms with Gasteiger partial charge >= 0.3 is 6.18 Å². The highest BCUT2D eigenvalue weighted by Crippen LogP contribution is 2.36. The number of anilines is 1. The van der Waals surface area contributed by atoms with Crippen molar-refractivity contribution in [3.05, 3.63) is 64.4 Å². The highest BCUT2D eigenvalue weighted by atomic mass is 79.9. The zero-order valence-corrected chi connectivity index (χ0v) is 14.4. The number of hydrogen-bond acceptors (Lipinski definition) is 5. The first-order valence-corrected chi connectivity index (χ1v) is 7.72. The van der Waals surface area contributed by atoms with Gasteiger partial charge in [0.1, 0.15) is 16.1 Å². The fraction of sp³-hybridized carbons (Fsp3) is 0.125. The van der Waals surface area contributed by atoms with E-state index >= 15 is 0 Å². The van der Waals surface area contributed by atoms with E-state index in [4.69, 9.17) is 16.3 Å². The van der Waals surface area contributed by atoms with Crippen LogP contribution in [0.3, 0.4) is 0 Å². The van der Waals surface area contributed by atoms with Crippen LogP contribution in [0.1, 0.15) is 16.8 Å². The van der Waals surface area contributed by atoms with Crippen molar-refractivity contribution in [1.29, 1.82) is 0 Å². The molecule has 0 fully saturated rings. The van der Waals surface area contributed by atoms with E-state index in [9.17, 15) is 13.2 Å². The van der Waals surface area contributed by atoms with Gasteiger partial charge in [-0.25, -0.2) is 4.98 Å². The average molecular weight is 415 g/mol. The molecule has 0 radical (unpaired) electrons. The van der Waals surface area contributed by atoms with Gasteiger partial charge in [0.25, 0.3) is 0 Å². The number of nitrogens with two attached hydrogens (primary N) is 2. The molecule has 4 N–H and O–H groups in total. The molecule has 0 spiro atoms. The number of pyridine rings is 1. The summed E-state index contributed by atoms with van der Waals surface area (Å²) in [6.07, 6.45) is -4.31. The van der Waals surface area contributed by atoms with Crippen LogP contribution in [0, 0.1) is 0 Å². The Labute approximate surface area is 150 Å². The molecule has 0 amide bonds. The van der Waals surface area contributed by atoms with Crippen LogP contribution in [0.5, 0.6) is 0 Å². The average Bonchev–Trinajstić information content (AvgIpc) is 2.55. The first-order valence-electron chi connectivity index (χ1n) is 6.93. The van der Waals surface area contributed by atoms with E-state index in [-0.39, 0.29) is 29.5 Å². The molecule has 2 aromatic rings. The Balaban J connectivity index is 2.21. The third-order valence-corrected chi connectivity index (χ3v) is 3.76. The molecule has 1 aromatic carbocycles. The third kappa shape index (κ3) is 4.72. The zero-order valence-electron chi connectivity index (χ0n) is 12.8. The van der Waals surface area contributed by atoms with Crippen molar-refractivity contribution >= 4 is 33.3 Å². The summed E-state index contributed by atoms with van der Waals surface area (Å²) in [6.45, 7) is 3.64. The lowest BCUT2D eigenvalue weighted by molar-refractivity contribution is -0.138. The molecule has 0 aliphatic rings. The number of aromatic nitrogens is 1. The molecule has 0 aliphatic carbocycles. The minimum Gasteiger partial charge on any atom is -0.439 e. The SMILES string of the molecule is C=C(O/C(Cc1ccccc1)=N\N)c1nc(Br)c(C(F)(F)F)cc1N. The number of rotatable bonds is 4. The fourth-order valence-corrected chi connectivity index (χ4v) is 2.51. The van der Waals surface area contributed by atoms with Crippen LogP contribution < -0.4 is 11.6 Å². The second kappa shape index (κ2) is 7.56. The minimum atomic E-state index is -4.59. The van der Waals surface area contributed by atoms with Gasteiger partial charge in [-0.1, -0.05) is 36.9 Å². The summed E-state index contributed by atoms with van der Waals surface area (Å²) in [5.74, 6) is 5.36. The summed E-state index contributed by atoms with van der Waals surface area (Å²) in [5.41, 5.74) is 5.30. The number of hydrazone groups is 1. The molecule has 1 aromatic heterocycles. The molecular weight excluding hydrogens is 401 g/mol. The maximum Gasteiger partial charge on any atom is 0.419 e. The monoisotopic (exact) mass is 414 g/mol. The molecule has 132 valence electrons. The Hall–Kier alpha value is -2.55. The molecule has 0 unspecified atom stereocenters. The van der Waals surface area contributed by atoms with Gasteiger partial charge in [-0.15, -0.1) is 5.10 Å². The van der Waals surface area contributed by atoms with Crippen molar-refractivity contribution in [2.75, 3.05) is 5.73 Å². The maximum absolute atomic E-state index is 12.9. The Bertz CT molecular complexity index is 807. The molecule has 9 heteroatoms. The second-order valence-corrected chi connectivity index (χ2v) is 5.72. The lowest BCUT2D eigenvalue weighted by Gasteiger charge is -2.15. The van der Waals surface area contributed by atoms with Gasteiger partial charge in [-0.3, -0.25) is 0 Å². The number of benzene rings is 1. The zero-order chi connectivity index (χ0) is 18.6. The van der Waals surface area contributed by atoms with Crippen LogP contribution >= 0.6 is 15.9 Å². The summed E-state index contributed by atoms with van der Waals surface area (Å²) in [5, 5.41) is 3.53. The largest absolute Gasteiger partial charge is 0.439 e. The van der Waals surface area contributed by atoms with Crippen LogP contribution in [-0.2, 0) is 17.3 Å². The van der Waals surface area contributed by atoms with E-state index < -0.39 is 16.3 Å². The number of alkyl halides is 3. The highest BCUT2D eigenvalue weighted by molar-refractivity contribution is 9.10. The van der Waals surface area contributed by atoms with E-state index in [2.05, 4.69) is 32.6 Å². The van der Waals surface area contributed by atoms with Gasteiger partial charge in [-0.05, 0) is 27.6 Å².